The van der Waals surface area contributed by atoms with E-state index in [0.717, 1.165) is 17.0 Å². The van der Waals surface area contributed by atoms with Crippen molar-refractivity contribution in [1.29, 1.82) is 0 Å². The molecule has 1 saturated heterocycles. The number of sulfone groups is 1. The fourth-order valence-corrected chi connectivity index (χ4v) is 4.82. The molecule has 0 aromatic carbocycles. The van der Waals surface area contributed by atoms with Crippen molar-refractivity contribution < 1.29 is 31.1 Å². The second-order valence-electron chi connectivity index (χ2n) is 8.20. The van der Waals surface area contributed by atoms with Gasteiger partial charge in [-0.05, 0) is 18.6 Å². The second-order valence-corrected chi connectivity index (χ2v) is 10.4. The molecule has 4 aromatic rings. The van der Waals surface area contributed by atoms with Gasteiger partial charge in [-0.2, -0.15) is 18.3 Å². The van der Waals surface area contributed by atoms with E-state index >= 15 is 0 Å². The molecule has 190 valence electrons. The number of aromatic nitrogens is 6. The average molecular weight is 523 g/mol. The number of nitrogens with one attached hydrogen (secondary N) is 1. The van der Waals surface area contributed by atoms with Gasteiger partial charge in [-0.15, -0.1) is 0 Å². The molecule has 5 rings (SSSR count). The van der Waals surface area contributed by atoms with Crippen LogP contribution in [0.3, 0.4) is 0 Å². The van der Waals surface area contributed by atoms with E-state index in [1.807, 2.05) is 0 Å². The van der Waals surface area contributed by atoms with Crippen LogP contribution in [-0.4, -0.2) is 68.5 Å². The number of hydrogen-bond acceptors (Lipinski definition) is 8. The number of halogens is 3. The van der Waals surface area contributed by atoms with Crippen molar-refractivity contribution in [3.05, 3.63) is 35.8 Å². The molecule has 15 heteroatoms. The van der Waals surface area contributed by atoms with E-state index in [1.54, 1.807) is 0 Å². The maximum absolute atomic E-state index is 13.2. The van der Waals surface area contributed by atoms with Gasteiger partial charge in [0.1, 0.15) is 22.6 Å². The van der Waals surface area contributed by atoms with Crippen LogP contribution in [0, 0.1) is 0 Å². The first-order valence-corrected chi connectivity index (χ1v) is 12.6. The Bertz CT molecular complexity index is 1610. The number of carbonyl (C=O) groups excluding carboxylic acids is 1. The number of pyridine rings is 1. The summed E-state index contributed by atoms with van der Waals surface area (Å²) < 4.78 is 73.4. The van der Waals surface area contributed by atoms with Gasteiger partial charge in [0, 0.05) is 32.6 Å². The van der Waals surface area contributed by atoms with E-state index in [9.17, 15) is 26.4 Å². The Hall–Kier alpha value is -3.59. The van der Waals surface area contributed by atoms with E-state index in [1.165, 1.54) is 30.8 Å². The molecule has 1 fully saturated rings. The minimum absolute atomic E-state index is 0.00372. The van der Waals surface area contributed by atoms with Crippen LogP contribution in [0.2, 0.25) is 0 Å². The van der Waals surface area contributed by atoms with E-state index in [-0.39, 0.29) is 52.3 Å². The molecule has 1 aliphatic heterocycles. The molecule has 11 nitrogen and oxygen atoms in total. The molecule has 36 heavy (non-hydrogen) atoms. The monoisotopic (exact) mass is 523 g/mol. The molecule has 5 heterocycles. The minimum atomic E-state index is -4.63. The SMILES string of the molecule is CCS(=O)(=O)c1nn2c(C(=O)NCC3CCO3)ccnc2c1-c1nc2cc(C(F)(F)F)cnc2n1C. The van der Waals surface area contributed by atoms with E-state index in [0.29, 0.717) is 12.8 Å². The smallest absolute Gasteiger partial charge is 0.376 e. The Labute approximate surface area is 202 Å². The summed E-state index contributed by atoms with van der Waals surface area (Å²) in [6.07, 6.45) is -1.91. The highest BCUT2D eigenvalue weighted by molar-refractivity contribution is 7.91. The van der Waals surface area contributed by atoms with Gasteiger partial charge in [-0.3, -0.25) is 4.79 Å². The second kappa shape index (κ2) is 8.51. The summed E-state index contributed by atoms with van der Waals surface area (Å²) >= 11 is 0. The first kappa shape index (κ1) is 24.1. The summed E-state index contributed by atoms with van der Waals surface area (Å²) in [6, 6.07) is 2.22. The molecular weight excluding hydrogens is 503 g/mol. The zero-order valence-corrected chi connectivity index (χ0v) is 19.9. The fraction of sp³-hybridized carbons (Fsp3) is 0.381. The Morgan fingerprint density at radius 1 is 1.28 bits per heavy atom. The van der Waals surface area contributed by atoms with Gasteiger partial charge in [-0.25, -0.2) is 27.9 Å². The lowest BCUT2D eigenvalue weighted by atomic mass is 10.2. The van der Waals surface area contributed by atoms with Crippen LogP contribution in [0.4, 0.5) is 13.2 Å². The predicted molar refractivity (Wildman–Crippen MR) is 120 cm³/mol. The maximum atomic E-state index is 13.2. The van der Waals surface area contributed by atoms with Crippen LogP contribution >= 0.6 is 0 Å². The molecule has 1 N–H and O–H groups in total. The molecular formula is C21H20F3N7O4S. The summed E-state index contributed by atoms with van der Waals surface area (Å²) in [6.45, 7) is 2.32. The van der Waals surface area contributed by atoms with E-state index in [4.69, 9.17) is 4.74 Å². The number of imidazole rings is 1. The van der Waals surface area contributed by atoms with Gasteiger partial charge < -0.3 is 14.6 Å². The highest BCUT2D eigenvalue weighted by atomic mass is 32.2. The number of hydrogen-bond donors (Lipinski definition) is 1. The largest absolute Gasteiger partial charge is 0.417 e. The summed E-state index contributed by atoms with van der Waals surface area (Å²) in [7, 11) is -2.47. The number of rotatable bonds is 6. The Balaban J connectivity index is 1.71. The third kappa shape index (κ3) is 3.97. The molecule has 0 saturated carbocycles. The van der Waals surface area contributed by atoms with Crippen molar-refractivity contribution in [1.82, 2.24) is 34.4 Å². The highest BCUT2D eigenvalue weighted by Gasteiger charge is 2.34. The van der Waals surface area contributed by atoms with Gasteiger partial charge in [0.15, 0.2) is 26.2 Å². The van der Waals surface area contributed by atoms with Crippen molar-refractivity contribution in [3.63, 3.8) is 0 Å². The van der Waals surface area contributed by atoms with Gasteiger partial charge in [-0.1, -0.05) is 6.92 Å². The number of carbonyl (C=O) groups is 1. The molecule has 1 unspecified atom stereocenters. The van der Waals surface area contributed by atoms with Gasteiger partial charge in [0.05, 0.1) is 17.4 Å². The number of aryl methyl sites for hydroxylation is 1. The Morgan fingerprint density at radius 2 is 2.03 bits per heavy atom. The molecule has 1 amide bonds. The summed E-state index contributed by atoms with van der Waals surface area (Å²) in [5.74, 6) is -0.842. The van der Waals surface area contributed by atoms with E-state index < -0.39 is 32.5 Å². The molecule has 0 bridgehead atoms. The number of alkyl halides is 3. The Kier molecular flexibility index (Phi) is 5.70. The lowest BCUT2D eigenvalue weighted by molar-refractivity contribution is -0.137. The lowest BCUT2D eigenvalue weighted by Crippen LogP contribution is -2.40. The van der Waals surface area contributed by atoms with Crippen LogP contribution < -0.4 is 5.32 Å². The van der Waals surface area contributed by atoms with Crippen molar-refractivity contribution in [2.75, 3.05) is 18.9 Å². The van der Waals surface area contributed by atoms with Gasteiger partial charge >= 0.3 is 6.18 Å². The van der Waals surface area contributed by atoms with Gasteiger partial charge in [0.2, 0.25) is 0 Å². The first-order chi connectivity index (χ1) is 17.0. The maximum Gasteiger partial charge on any atom is 0.417 e. The number of ether oxygens (including phenoxy) is 1. The zero-order valence-electron chi connectivity index (χ0n) is 19.1. The van der Waals surface area contributed by atoms with Crippen molar-refractivity contribution in [3.8, 4) is 11.4 Å². The van der Waals surface area contributed by atoms with Crippen molar-refractivity contribution in [2.45, 2.75) is 30.7 Å². The average Bonchev–Trinajstić information content (AvgIpc) is 3.35. The van der Waals surface area contributed by atoms with Crippen LogP contribution in [0.15, 0.2) is 29.6 Å². The van der Waals surface area contributed by atoms with Gasteiger partial charge in [0.25, 0.3) is 5.91 Å². The molecule has 0 aliphatic carbocycles. The van der Waals surface area contributed by atoms with Crippen molar-refractivity contribution >= 4 is 32.6 Å². The quantitative estimate of drug-likeness (QED) is 0.406. The molecule has 0 radical (unpaired) electrons. The third-order valence-corrected chi connectivity index (χ3v) is 7.57. The van der Waals surface area contributed by atoms with Crippen molar-refractivity contribution in [2.24, 2.45) is 7.05 Å². The molecule has 0 spiro atoms. The van der Waals surface area contributed by atoms with Crippen LogP contribution in [-0.2, 0) is 27.8 Å². The normalized spacial score (nSPS) is 16.4. The summed E-state index contributed by atoms with van der Waals surface area (Å²) in [5, 5.41) is 6.54. The predicted octanol–water partition coefficient (Wildman–Crippen LogP) is 2.01. The summed E-state index contributed by atoms with van der Waals surface area (Å²) in [5.41, 5.74) is -0.989. The lowest BCUT2D eigenvalue weighted by Gasteiger charge is -2.26. The summed E-state index contributed by atoms with van der Waals surface area (Å²) in [4.78, 5) is 25.3. The third-order valence-electron chi connectivity index (χ3n) is 5.94. The van der Waals surface area contributed by atoms with E-state index in [2.05, 4.69) is 25.4 Å². The Morgan fingerprint density at radius 3 is 2.67 bits per heavy atom. The molecule has 4 aromatic heterocycles. The first-order valence-electron chi connectivity index (χ1n) is 10.9. The fourth-order valence-electron chi connectivity index (χ4n) is 3.85. The number of nitrogens with zero attached hydrogens (tertiary/aromatic N) is 6. The van der Waals surface area contributed by atoms with Crippen LogP contribution in [0.25, 0.3) is 28.2 Å². The molecule has 1 aliphatic rings. The molecule has 1 atom stereocenters. The number of fused-ring (bicyclic) bond motifs is 2. The highest BCUT2D eigenvalue weighted by Crippen LogP contribution is 2.35. The number of amides is 1. The standard InChI is InChI=1S/C21H20F3N7O4S/c1-3-36(33,34)20-15(18-28-13-8-11(21(22,23)24)9-26-16(13)30(18)2)17-25-6-4-14(31(17)29-20)19(32)27-10-12-5-7-35-12/h4,6,8-9,12H,3,5,7,10H2,1-2H3,(H,27,32). The minimum Gasteiger partial charge on any atom is -0.376 e. The van der Waals surface area contributed by atoms with Crippen LogP contribution in [0.5, 0.6) is 0 Å². The van der Waals surface area contributed by atoms with Crippen LogP contribution in [0.1, 0.15) is 29.4 Å². The topological polar surface area (TPSA) is 133 Å². The zero-order chi connectivity index (χ0) is 25.8.